The molecule has 1 aliphatic heterocycles. The molecule has 0 spiro atoms. The minimum absolute atomic E-state index is 0.0279. The summed E-state index contributed by atoms with van der Waals surface area (Å²) in [4.78, 5) is 4.32. The molecule has 28 heavy (non-hydrogen) atoms. The van der Waals surface area contributed by atoms with Crippen LogP contribution in [0, 0.1) is 5.82 Å². The van der Waals surface area contributed by atoms with Crippen LogP contribution in [0.3, 0.4) is 0 Å². The smallest absolute Gasteiger partial charge is 0.422 e. The summed E-state index contributed by atoms with van der Waals surface area (Å²) in [6.07, 6.45) is -4.45. The van der Waals surface area contributed by atoms with Gasteiger partial charge in [0.05, 0.1) is 12.3 Å². The number of rotatable bonds is 5. The number of nitrogens with one attached hydrogen (secondary N) is 1. The van der Waals surface area contributed by atoms with Crippen LogP contribution in [0.5, 0.6) is 5.75 Å². The largest absolute Gasteiger partial charge is 0.482 e. The molecule has 0 aromatic heterocycles. The molecule has 0 aliphatic carbocycles. The first-order valence-corrected chi connectivity index (χ1v) is 8.44. The molecule has 3 N–H and O–H groups in total. The number of nitrogens with two attached hydrogens (primary N) is 1. The highest BCUT2D eigenvalue weighted by molar-refractivity contribution is 5.82. The van der Waals surface area contributed by atoms with Gasteiger partial charge in [0.2, 0.25) is 0 Å². The number of amidine groups is 1. The number of halogens is 4. The van der Waals surface area contributed by atoms with Crippen molar-refractivity contribution in [1.29, 1.82) is 0 Å². The lowest BCUT2D eigenvalue weighted by Crippen LogP contribution is -2.38. The molecule has 0 saturated carbocycles. The maximum Gasteiger partial charge on any atom is 0.422 e. The number of alkyl halides is 3. The summed E-state index contributed by atoms with van der Waals surface area (Å²) in [5.74, 6) is -0.200. The molecular formula is C19H19F4N3O2. The quantitative estimate of drug-likeness (QED) is 0.745. The number of hydrogen-bond acceptors (Lipinski definition) is 5. The van der Waals surface area contributed by atoms with Crippen LogP contribution in [0.25, 0.3) is 0 Å². The highest BCUT2D eigenvalue weighted by atomic mass is 19.4. The number of nitrogens with zero attached hydrogens (tertiary/aromatic N) is 1. The summed E-state index contributed by atoms with van der Waals surface area (Å²) in [5, 5.41) is 2.96. The Morgan fingerprint density at radius 1 is 1.25 bits per heavy atom. The summed E-state index contributed by atoms with van der Waals surface area (Å²) in [6, 6.07) is 10.4. The second-order valence-electron chi connectivity index (χ2n) is 6.59. The molecule has 5 nitrogen and oxygen atoms in total. The number of ether oxygens (including phenoxy) is 2. The lowest BCUT2D eigenvalue weighted by molar-refractivity contribution is -0.153. The zero-order valence-electron chi connectivity index (χ0n) is 15.0. The fourth-order valence-corrected chi connectivity index (χ4v) is 2.90. The standard InChI is InChI=1S/C19H19F4N3O2/c1-18(10-27-9-17(24)26-18)13-8-12(6-7-14(13)20)25-15-4-2-3-5-16(15)28-11-19(21,22)23/h2-8,25H,9-11H2,1H3,(H2,24,26)/t18-/m0/s1. The van der Waals surface area contributed by atoms with E-state index in [1.165, 1.54) is 24.3 Å². The summed E-state index contributed by atoms with van der Waals surface area (Å²) < 4.78 is 62.1. The SMILES string of the molecule is C[C@@]1(c2cc(Nc3ccccc3OCC(F)(F)F)ccc2F)COCC(N)=N1. The van der Waals surface area contributed by atoms with Gasteiger partial charge in [-0.15, -0.1) is 0 Å². The number of hydrogen-bond donors (Lipinski definition) is 2. The van der Waals surface area contributed by atoms with Gasteiger partial charge < -0.3 is 20.5 Å². The van der Waals surface area contributed by atoms with Crippen LogP contribution >= 0.6 is 0 Å². The normalized spacial score (nSPS) is 19.8. The van der Waals surface area contributed by atoms with Gasteiger partial charge in [-0.05, 0) is 37.3 Å². The Morgan fingerprint density at radius 3 is 2.71 bits per heavy atom. The maximum absolute atomic E-state index is 14.5. The van der Waals surface area contributed by atoms with Crippen LogP contribution in [0.2, 0.25) is 0 Å². The van der Waals surface area contributed by atoms with E-state index in [2.05, 4.69) is 10.3 Å². The molecule has 2 aromatic rings. The maximum atomic E-state index is 14.5. The van der Waals surface area contributed by atoms with E-state index in [1.807, 2.05) is 0 Å². The minimum atomic E-state index is -4.45. The number of benzene rings is 2. The summed E-state index contributed by atoms with van der Waals surface area (Å²) >= 11 is 0. The average molecular weight is 397 g/mol. The lowest BCUT2D eigenvalue weighted by atomic mass is 9.91. The predicted octanol–water partition coefficient (Wildman–Crippen LogP) is 4.11. The van der Waals surface area contributed by atoms with Crippen molar-refractivity contribution in [2.24, 2.45) is 10.7 Å². The zero-order valence-corrected chi connectivity index (χ0v) is 15.0. The fourth-order valence-electron chi connectivity index (χ4n) is 2.90. The van der Waals surface area contributed by atoms with Crippen molar-refractivity contribution < 1.29 is 27.0 Å². The van der Waals surface area contributed by atoms with Crippen molar-refractivity contribution in [3.63, 3.8) is 0 Å². The summed E-state index contributed by atoms with van der Waals surface area (Å²) in [6.45, 7) is 0.615. The van der Waals surface area contributed by atoms with Gasteiger partial charge in [0.15, 0.2) is 6.61 Å². The van der Waals surface area contributed by atoms with E-state index in [0.717, 1.165) is 0 Å². The molecule has 0 bridgehead atoms. The van der Waals surface area contributed by atoms with Gasteiger partial charge in [0.1, 0.15) is 29.5 Å². The average Bonchev–Trinajstić information content (AvgIpc) is 2.61. The molecule has 1 heterocycles. The Labute approximate surface area is 159 Å². The molecule has 0 radical (unpaired) electrons. The van der Waals surface area contributed by atoms with E-state index in [1.54, 1.807) is 25.1 Å². The Kier molecular flexibility index (Phi) is 5.46. The van der Waals surface area contributed by atoms with Crippen molar-refractivity contribution in [3.8, 4) is 5.75 Å². The molecule has 1 atom stereocenters. The first-order valence-electron chi connectivity index (χ1n) is 8.44. The van der Waals surface area contributed by atoms with Crippen molar-refractivity contribution in [2.75, 3.05) is 25.1 Å². The van der Waals surface area contributed by atoms with E-state index in [9.17, 15) is 17.6 Å². The molecule has 9 heteroatoms. The van der Waals surface area contributed by atoms with E-state index < -0.39 is 24.1 Å². The van der Waals surface area contributed by atoms with E-state index in [-0.39, 0.29) is 30.4 Å². The third kappa shape index (κ3) is 4.72. The lowest BCUT2D eigenvalue weighted by Gasteiger charge is -2.30. The van der Waals surface area contributed by atoms with E-state index >= 15 is 0 Å². The molecule has 3 rings (SSSR count). The van der Waals surface area contributed by atoms with Crippen LogP contribution < -0.4 is 15.8 Å². The molecule has 2 aromatic carbocycles. The molecule has 0 saturated heterocycles. The summed E-state index contributed by atoms with van der Waals surface area (Å²) in [7, 11) is 0. The number of anilines is 2. The van der Waals surface area contributed by atoms with Crippen LogP contribution in [0.1, 0.15) is 12.5 Å². The summed E-state index contributed by atoms with van der Waals surface area (Å²) in [5.41, 5.74) is 5.76. The van der Waals surface area contributed by atoms with Gasteiger partial charge in [-0.2, -0.15) is 13.2 Å². The fraction of sp³-hybridized carbons (Fsp3) is 0.316. The van der Waals surface area contributed by atoms with E-state index in [0.29, 0.717) is 11.4 Å². The van der Waals surface area contributed by atoms with Gasteiger partial charge in [0, 0.05) is 11.3 Å². The molecule has 1 aliphatic rings. The Balaban J connectivity index is 1.88. The highest BCUT2D eigenvalue weighted by Gasteiger charge is 2.33. The van der Waals surface area contributed by atoms with Crippen LogP contribution in [-0.2, 0) is 10.3 Å². The third-order valence-electron chi connectivity index (χ3n) is 4.13. The third-order valence-corrected chi connectivity index (χ3v) is 4.13. The van der Waals surface area contributed by atoms with Crippen LogP contribution in [0.15, 0.2) is 47.5 Å². The zero-order chi connectivity index (χ0) is 20.4. The van der Waals surface area contributed by atoms with Crippen molar-refractivity contribution in [1.82, 2.24) is 0 Å². The predicted molar refractivity (Wildman–Crippen MR) is 97.5 cm³/mol. The molecule has 0 amide bonds. The van der Waals surface area contributed by atoms with Gasteiger partial charge in [-0.3, -0.25) is 4.99 Å². The second-order valence-corrected chi connectivity index (χ2v) is 6.59. The molecule has 0 unspecified atom stereocenters. The van der Waals surface area contributed by atoms with Gasteiger partial charge in [0.25, 0.3) is 0 Å². The first-order chi connectivity index (χ1) is 13.2. The second kappa shape index (κ2) is 7.67. The van der Waals surface area contributed by atoms with Crippen molar-refractivity contribution in [3.05, 3.63) is 53.8 Å². The Morgan fingerprint density at radius 2 is 2.00 bits per heavy atom. The number of aliphatic imine (C=N–C) groups is 1. The highest BCUT2D eigenvalue weighted by Crippen LogP contribution is 2.34. The van der Waals surface area contributed by atoms with Crippen molar-refractivity contribution in [2.45, 2.75) is 18.6 Å². The van der Waals surface area contributed by atoms with Gasteiger partial charge >= 0.3 is 6.18 Å². The molecule has 0 fully saturated rings. The molecule has 150 valence electrons. The molecular weight excluding hydrogens is 378 g/mol. The minimum Gasteiger partial charge on any atom is -0.482 e. The Hall–Kier alpha value is -2.81. The topological polar surface area (TPSA) is 68.9 Å². The van der Waals surface area contributed by atoms with Gasteiger partial charge in [-0.1, -0.05) is 12.1 Å². The Bertz CT molecular complexity index is 886. The van der Waals surface area contributed by atoms with E-state index in [4.69, 9.17) is 15.2 Å². The monoisotopic (exact) mass is 397 g/mol. The van der Waals surface area contributed by atoms with Crippen LogP contribution in [-0.4, -0.2) is 31.8 Å². The van der Waals surface area contributed by atoms with Gasteiger partial charge in [-0.25, -0.2) is 4.39 Å². The van der Waals surface area contributed by atoms with Crippen LogP contribution in [0.4, 0.5) is 28.9 Å². The number of para-hydroxylation sites is 2. The first kappa shape index (κ1) is 19.9. The van der Waals surface area contributed by atoms with Crippen molar-refractivity contribution >= 4 is 17.2 Å².